The van der Waals surface area contributed by atoms with E-state index in [0.717, 1.165) is 22.3 Å². The first-order valence-corrected chi connectivity index (χ1v) is 10.9. The van der Waals surface area contributed by atoms with E-state index in [1.54, 1.807) is 41.7 Å². The molecule has 4 aromatic rings. The molecule has 166 valence electrons. The molecule has 0 radical (unpaired) electrons. The van der Waals surface area contributed by atoms with Crippen molar-refractivity contribution in [1.29, 1.82) is 0 Å². The van der Waals surface area contributed by atoms with Gasteiger partial charge in [0.2, 0.25) is 0 Å². The van der Waals surface area contributed by atoms with Gasteiger partial charge >= 0.3 is 0 Å². The van der Waals surface area contributed by atoms with Crippen LogP contribution in [0.2, 0.25) is 0 Å². The Bertz CT molecular complexity index is 1320. The predicted molar refractivity (Wildman–Crippen MR) is 128 cm³/mol. The first-order valence-electron chi connectivity index (χ1n) is 10.0. The molecule has 2 N–H and O–H groups in total. The van der Waals surface area contributed by atoms with E-state index >= 15 is 0 Å². The molecule has 0 aliphatic rings. The maximum absolute atomic E-state index is 13.4. The SMILES string of the molecule is COc1ccc(NC(=O)c2ccc(-c3nc(C)cs3)cc2)cc1NC(=O)c1cccc(F)c1. The number of aryl methyl sites for hydroxylation is 1. The molecule has 1 aromatic heterocycles. The Morgan fingerprint density at radius 3 is 2.36 bits per heavy atom. The number of nitrogens with zero attached hydrogens (tertiary/aromatic N) is 1. The van der Waals surface area contributed by atoms with E-state index in [1.165, 1.54) is 25.3 Å². The van der Waals surface area contributed by atoms with Crippen LogP contribution in [0.4, 0.5) is 15.8 Å². The maximum atomic E-state index is 13.4. The zero-order valence-electron chi connectivity index (χ0n) is 17.9. The van der Waals surface area contributed by atoms with Crippen molar-refractivity contribution in [2.45, 2.75) is 6.92 Å². The number of halogens is 1. The molecule has 1 heterocycles. The summed E-state index contributed by atoms with van der Waals surface area (Å²) in [5, 5.41) is 8.39. The summed E-state index contributed by atoms with van der Waals surface area (Å²) < 4.78 is 18.7. The molecule has 0 aliphatic heterocycles. The summed E-state index contributed by atoms with van der Waals surface area (Å²) in [7, 11) is 1.47. The molecule has 0 fully saturated rings. The lowest BCUT2D eigenvalue weighted by atomic mass is 10.1. The lowest BCUT2D eigenvalue weighted by molar-refractivity contribution is 0.101. The number of nitrogens with one attached hydrogen (secondary N) is 2. The number of amides is 2. The number of methoxy groups -OCH3 is 1. The van der Waals surface area contributed by atoms with E-state index in [4.69, 9.17) is 4.74 Å². The Hall–Kier alpha value is -4.04. The Morgan fingerprint density at radius 1 is 0.939 bits per heavy atom. The van der Waals surface area contributed by atoms with Crippen molar-refractivity contribution in [3.8, 4) is 16.3 Å². The van der Waals surface area contributed by atoms with Gasteiger partial charge in [-0.05, 0) is 55.5 Å². The fourth-order valence-corrected chi connectivity index (χ4v) is 3.97. The van der Waals surface area contributed by atoms with Crippen LogP contribution in [0.25, 0.3) is 10.6 Å². The Balaban J connectivity index is 1.50. The second kappa shape index (κ2) is 9.62. The van der Waals surface area contributed by atoms with Gasteiger partial charge in [-0.3, -0.25) is 9.59 Å². The second-order valence-corrected chi connectivity index (χ2v) is 8.06. The van der Waals surface area contributed by atoms with E-state index < -0.39 is 11.7 Å². The lowest BCUT2D eigenvalue weighted by Gasteiger charge is -2.13. The van der Waals surface area contributed by atoms with E-state index in [-0.39, 0.29) is 11.5 Å². The van der Waals surface area contributed by atoms with Gasteiger partial charge in [-0.15, -0.1) is 11.3 Å². The van der Waals surface area contributed by atoms with Gasteiger partial charge in [0.05, 0.1) is 12.8 Å². The van der Waals surface area contributed by atoms with Crippen molar-refractivity contribution >= 4 is 34.5 Å². The summed E-state index contributed by atoms with van der Waals surface area (Å²) in [6, 6.07) is 17.4. The minimum atomic E-state index is -0.508. The Morgan fingerprint density at radius 2 is 1.70 bits per heavy atom. The molecule has 0 bridgehead atoms. The highest BCUT2D eigenvalue weighted by molar-refractivity contribution is 7.13. The van der Waals surface area contributed by atoms with Gasteiger partial charge in [0, 0.05) is 33.5 Å². The third kappa shape index (κ3) is 5.24. The van der Waals surface area contributed by atoms with Gasteiger partial charge in [-0.2, -0.15) is 0 Å². The third-order valence-corrected chi connectivity index (χ3v) is 5.81. The van der Waals surface area contributed by atoms with Crippen molar-refractivity contribution in [3.63, 3.8) is 0 Å². The molecule has 0 aliphatic carbocycles. The summed E-state index contributed by atoms with van der Waals surface area (Å²) >= 11 is 1.55. The van der Waals surface area contributed by atoms with Gasteiger partial charge in [0.25, 0.3) is 11.8 Å². The summed E-state index contributed by atoms with van der Waals surface area (Å²) in [6.45, 7) is 1.94. The van der Waals surface area contributed by atoms with Crippen molar-refractivity contribution in [2.24, 2.45) is 0 Å². The number of aromatic nitrogens is 1. The molecule has 0 spiro atoms. The van der Waals surface area contributed by atoms with Gasteiger partial charge in [-0.25, -0.2) is 9.37 Å². The zero-order chi connectivity index (χ0) is 23.4. The number of benzene rings is 3. The van der Waals surface area contributed by atoms with Gasteiger partial charge in [0.15, 0.2) is 0 Å². The van der Waals surface area contributed by atoms with Crippen LogP contribution in [0, 0.1) is 12.7 Å². The highest BCUT2D eigenvalue weighted by Gasteiger charge is 2.13. The number of anilines is 2. The summed E-state index contributed by atoms with van der Waals surface area (Å²) in [4.78, 5) is 29.7. The topological polar surface area (TPSA) is 80.3 Å². The van der Waals surface area contributed by atoms with Crippen molar-refractivity contribution in [1.82, 2.24) is 4.98 Å². The normalized spacial score (nSPS) is 10.5. The molecule has 33 heavy (non-hydrogen) atoms. The fourth-order valence-electron chi connectivity index (χ4n) is 3.16. The van der Waals surface area contributed by atoms with E-state index in [0.29, 0.717) is 22.7 Å². The van der Waals surface area contributed by atoms with Gasteiger partial charge < -0.3 is 15.4 Å². The number of ether oxygens (including phenoxy) is 1. The number of hydrogen-bond donors (Lipinski definition) is 2. The summed E-state index contributed by atoms with van der Waals surface area (Å²) in [5.74, 6) is -0.902. The molecule has 0 atom stereocenters. The molecule has 0 saturated heterocycles. The molecular weight excluding hydrogens is 441 g/mol. The number of carbonyl (C=O) groups is 2. The quantitative estimate of drug-likeness (QED) is 0.382. The first kappa shape index (κ1) is 22.2. The maximum Gasteiger partial charge on any atom is 0.255 e. The van der Waals surface area contributed by atoms with Crippen LogP contribution in [-0.2, 0) is 0 Å². The zero-order valence-corrected chi connectivity index (χ0v) is 18.7. The first-order chi connectivity index (χ1) is 15.9. The van der Waals surface area contributed by atoms with Crippen molar-refractivity contribution in [3.05, 3.63) is 94.7 Å². The van der Waals surface area contributed by atoms with Gasteiger partial charge in [-0.1, -0.05) is 18.2 Å². The summed E-state index contributed by atoms with van der Waals surface area (Å²) in [6.07, 6.45) is 0. The lowest BCUT2D eigenvalue weighted by Crippen LogP contribution is -2.15. The number of carbonyl (C=O) groups excluding carboxylic acids is 2. The molecule has 2 amide bonds. The van der Waals surface area contributed by atoms with Crippen LogP contribution < -0.4 is 15.4 Å². The van der Waals surface area contributed by atoms with Crippen LogP contribution >= 0.6 is 11.3 Å². The van der Waals surface area contributed by atoms with Crippen LogP contribution in [0.1, 0.15) is 26.4 Å². The average molecular weight is 462 g/mol. The smallest absolute Gasteiger partial charge is 0.255 e. The molecule has 4 rings (SSSR count). The number of hydrogen-bond acceptors (Lipinski definition) is 5. The Labute approximate surface area is 194 Å². The summed E-state index contributed by atoms with van der Waals surface area (Å²) in [5.41, 5.74) is 3.36. The minimum Gasteiger partial charge on any atom is -0.495 e. The fraction of sp³-hybridized carbons (Fsp3) is 0.0800. The molecule has 0 unspecified atom stereocenters. The van der Waals surface area contributed by atoms with Crippen molar-refractivity contribution < 1.29 is 18.7 Å². The molecule has 0 saturated carbocycles. The largest absolute Gasteiger partial charge is 0.495 e. The average Bonchev–Trinajstić information content (AvgIpc) is 3.25. The molecule has 6 nitrogen and oxygen atoms in total. The minimum absolute atomic E-state index is 0.169. The molecule has 8 heteroatoms. The van der Waals surface area contributed by atoms with Crippen molar-refractivity contribution in [2.75, 3.05) is 17.7 Å². The second-order valence-electron chi connectivity index (χ2n) is 7.21. The monoisotopic (exact) mass is 461 g/mol. The van der Waals surface area contributed by atoms with Crippen LogP contribution in [0.3, 0.4) is 0 Å². The van der Waals surface area contributed by atoms with Crippen LogP contribution in [0.15, 0.2) is 72.1 Å². The highest BCUT2D eigenvalue weighted by Crippen LogP contribution is 2.29. The van der Waals surface area contributed by atoms with E-state index in [2.05, 4.69) is 15.6 Å². The Kier molecular flexibility index (Phi) is 6.46. The standard InChI is InChI=1S/C25H20FN3O3S/c1-15-14-33-25(27-15)17-8-6-16(7-9-17)23(30)28-20-10-11-22(32-2)21(13-20)29-24(31)18-4-3-5-19(26)12-18/h3-14H,1-2H3,(H,28,30)(H,29,31). The number of thiazole rings is 1. The highest BCUT2D eigenvalue weighted by atomic mass is 32.1. The van der Waals surface area contributed by atoms with Gasteiger partial charge in [0.1, 0.15) is 16.6 Å². The molecular formula is C25H20FN3O3S. The van der Waals surface area contributed by atoms with E-state index in [1.807, 2.05) is 24.4 Å². The predicted octanol–water partition coefficient (Wildman–Crippen LogP) is 5.77. The number of rotatable bonds is 6. The molecule has 3 aromatic carbocycles. The van der Waals surface area contributed by atoms with E-state index in [9.17, 15) is 14.0 Å². The van der Waals surface area contributed by atoms with Crippen LogP contribution in [-0.4, -0.2) is 23.9 Å². The van der Waals surface area contributed by atoms with Crippen LogP contribution in [0.5, 0.6) is 5.75 Å². The third-order valence-electron chi connectivity index (χ3n) is 4.81.